The number of fused-ring (bicyclic) bond motifs is 1. The van der Waals surface area contributed by atoms with Crippen LogP contribution in [0.5, 0.6) is 0 Å². The van der Waals surface area contributed by atoms with Gasteiger partial charge in [0.1, 0.15) is 6.04 Å². The van der Waals surface area contributed by atoms with Gasteiger partial charge in [0.05, 0.1) is 11.4 Å². The lowest BCUT2D eigenvalue weighted by molar-refractivity contribution is -0.119. The lowest BCUT2D eigenvalue weighted by atomic mass is 10.0. The van der Waals surface area contributed by atoms with E-state index >= 15 is 0 Å². The van der Waals surface area contributed by atoms with Gasteiger partial charge in [-0.3, -0.25) is 4.79 Å². The van der Waals surface area contributed by atoms with E-state index < -0.39 is 0 Å². The Kier molecular flexibility index (Phi) is 2.80. The van der Waals surface area contributed by atoms with Crippen molar-refractivity contribution in [3.63, 3.8) is 0 Å². The number of halogens is 1. The first kappa shape index (κ1) is 11.3. The fraction of sp³-hybridized carbons (Fsp3) is 0.417. The first-order valence-corrected chi connectivity index (χ1v) is 5.77. The molecule has 0 bridgehead atoms. The van der Waals surface area contributed by atoms with Crippen molar-refractivity contribution in [3.05, 3.63) is 22.7 Å². The van der Waals surface area contributed by atoms with Crippen LogP contribution in [0.15, 0.2) is 12.1 Å². The maximum absolute atomic E-state index is 11.9. The zero-order valence-corrected chi connectivity index (χ0v) is 10.4. The molecule has 3 nitrogen and oxygen atoms in total. The van der Waals surface area contributed by atoms with Crippen LogP contribution >= 0.6 is 11.6 Å². The Balaban J connectivity index is 2.54. The second kappa shape index (κ2) is 3.98. The van der Waals surface area contributed by atoms with Crippen molar-refractivity contribution < 1.29 is 4.79 Å². The Labute approximate surface area is 100 Å². The van der Waals surface area contributed by atoms with Gasteiger partial charge in [-0.05, 0) is 31.0 Å². The fourth-order valence-corrected chi connectivity index (χ4v) is 2.16. The molecule has 0 saturated carbocycles. The van der Waals surface area contributed by atoms with Gasteiger partial charge in [-0.2, -0.15) is 0 Å². The summed E-state index contributed by atoms with van der Waals surface area (Å²) in [5, 5.41) is 3.99. The number of amides is 1. The molecular formula is C12H15ClN2O. The Hall–Kier alpha value is -1.22. The topological polar surface area (TPSA) is 32.3 Å². The van der Waals surface area contributed by atoms with Crippen LogP contribution in [0.2, 0.25) is 5.02 Å². The zero-order chi connectivity index (χ0) is 11.9. The maximum atomic E-state index is 11.9. The Morgan fingerprint density at radius 3 is 2.81 bits per heavy atom. The SMILES string of the molecule is CCC1Nc2c(ccc(Cl)c2C)N(C)C1=O. The van der Waals surface area contributed by atoms with E-state index in [1.807, 2.05) is 26.0 Å². The number of carbonyl (C=O) groups excluding carboxylic acids is 1. The molecule has 4 heteroatoms. The van der Waals surface area contributed by atoms with Crippen molar-refractivity contribution in [2.75, 3.05) is 17.3 Å². The highest BCUT2D eigenvalue weighted by atomic mass is 35.5. The summed E-state index contributed by atoms with van der Waals surface area (Å²) in [6, 6.07) is 3.56. The summed E-state index contributed by atoms with van der Waals surface area (Å²) >= 11 is 6.08. The van der Waals surface area contributed by atoms with Crippen LogP contribution in [0.1, 0.15) is 18.9 Å². The van der Waals surface area contributed by atoms with E-state index in [2.05, 4.69) is 5.32 Å². The minimum atomic E-state index is -0.144. The minimum absolute atomic E-state index is 0.108. The van der Waals surface area contributed by atoms with Crippen LogP contribution in [0.25, 0.3) is 0 Å². The van der Waals surface area contributed by atoms with Gasteiger partial charge in [0.15, 0.2) is 0 Å². The summed E-state index contributed by atoms with van der Waals surface area (Å²) in [4.78, 5) is 13.6. The van der Waals surface area contributed by atoms with Gasteiger partial charge in [0.25, 0.3) is 0 Å². The van der Waals surface area contributed by atoms with Gasteiger partial charge in [0, 0.05) is 12.1 Å². The number of nitrogens with one attached hydrogen (secondary N) is 1. The highest BCUT2D eigenvalue weighted by molar-refractivity contribution is 6.32. The number of hydrogen-bond donors (Lipinski definition) is 1. The van der Waals surface area contributed by atoms with Crippen LogP contribution in [-0.2, 0) is 4.79 Å². The quantitative estimate of drug-likeness (QED) is 0.816. The van der Waals surface area contributed by atoms with Crippen molar-refractivity contribution in [1.29, 1.82) is 0 Å². The Bertz CT molecular complexity index is 445. The molecule has 1 heterocycles. The summed E-state index contributed by atoms with van der Waals surface area (Å²) < 4.78 is 0. The van der Waals surface area contributed by atoms with Crippen molar-refractivity contribution in [2.24, 2.45) is 0 Å². The number of nitrogens with zero attached hydrogens (tertiary/aromatic N) is 1. The second-order valence-electron chi connectivity index (χ2n) is 4.07. The molecule has 0 aromatic heterocycles. The molecule has 0 radical (unpaired) electrons. The molecule has 1 aliphatic rings. The predicted molar refractivity (Wildman–Crippen MR) is 67.3 cm³/mol. The molecule has 0 fully saturated rings. The number of benzene rings is 1. The van der Waals surface area contributed by atoms with Gasteiger partial charge in [-0.25, -0.2) is 0 Å². The lowest BCUT2D eigenvalue weighted by Crippen LogP contribution is -2.45. The highest BCUT2D eigenvalue weighted by Gasteiger charge is 2.29. The van der Waals surface area contributed by atoms with Crippen LogP contribution in [0.4, 0.5) is 11.4 Å². The van der Waals surface area contributed by atoms with Crippen LogP contribution in [0.3, 0.4) is 0 Å². The number of rotatable bonds is 1. The van der Waals surface area contributed by atoms with Crippen LogP contribution in [-0.4, -0.2) is 19.0 Å². The smallest absolute Gasteiger partial charge is 0.249 e. The van der Waals surface area contributed by atoms with Crippen LogP contribution < -0.4 is 10.2 Å². The molecule has 0 saturated heterocycles. The second-order valence-corrected chi connectivity index (χ2v) is 4.48. The first-order chi connectivity index (χ1) is 7.56. The highest BCUT2D eigenvalue weighted by Crippen LogP contribution is 2.37. The van der Waals surface area contributed by atoms with Crippen LogP contribution in [0, 0.1) is 6.92 Å². The normalized spacial score (nSPS) is 19.4. The maximum Gasteiger partial charge on any atom is 0.249 e. The molecule has 2 rings (SSSR count). The number of carbonyl (C=O) groups is 1. The van der Waals surface area contributed by atoms with Crippen molar-refractivity contribution in [2.45, 2.75) is 26.3 Å². The van der Waals surface area contributed by atoms with Gasteiger partial charge in [-0.15, -0.1) is 0 Å². The number of likely N-dealkylation sites (N-methyl/N-ethyl adjacent to an activating group) is 1. The summed E-state index contributed by atoms with van der Waals surface area (Å²) in [5.74, 6) is 0.108. The summed E-state index contributed by atoms with van der Waals surface area (Å²) in [5.41, 5.74) is 2.87. The predicted octanol–water partition coefficient (Wildman–Crippen LogP) is 2.82. The lowest BCUT2D eigenvalue weighted by Gasteiger charge is -2.33. The van der Waals surface area contributed by atoms with E-state index in [0.29, 0.717) is 0 Å². The molecule has 1 aliphatic heterocycles. The molecule has 1 aromatic rings. The largest absolute Gasteiger partial charge is 0.372 e. The van der Waals surface area contributed by atoms with Gasteiger partial charge < -0.3 is 10.2 Å². The average Bonchev–Trinajstić information content (AvgIpc) is 2.28. The fourth-order valence-electron chi connectivity index (χ4n) is 2.00. The van der Waals surface area contributed by atoms with Crippen molar-refractivity contribution in [3.8, 4) is 0 Å². The first-order valence-electron chi connectivity index (χ1n) is 5.39. The molecule has 86 valence electrons. The summed E-state index contributed by atoms with van der Waals surface area (Å²) in [6.45, 7) is 3.96. The van der Waals surface area contributed by atoms with Crippen molar-refractivity contribution >= 4 is 28.9 Å². The van der Waals surface area contributed by atoms with E-state index in [9.17, 15) is 4.79 Å². The van der Waals surface area contributed by atoms with E-state index in [0.717, 1.165) is 28.4 Å². The van der Waals surface area contributed by atoms with Gasteiger partial charge in [0.2, 0.25) is 5.91 Å². The molecule has 1 amide bonds. The van der Waals surface area contributed by atoms with E-state index in [1.54, 1.807) is 11.9 Å². The monoisotopic (exact) mass is 238 g/mol. The van der Waals surface area contributed by atoms with E-state index in [4.69, 9.17) is 11.6 Å². The molecule has 1 aromatic carbocycles. The molecule has 0 spiro atoms. The standard InChI is InChI=1S/C12H15ClN2O/c1-4-9-12(16)15(3)10-6-5-8(13)7(2)11(10)14-9/h5-6,9,14H,4H2,1-3H3. The number of anilines is 2. The average molecular weight is 239 g/mol. The number of hydrogen-bond acceptors (Lipinski definition) is 2. The third-order valence-corrected chi connectivity index (χ3v) is 3.50. The summed E-state index contributed by atoms with van der Waals surface area (Å²) in [6.07, 6.45) is 0.772. The Morgan fingerprint density at radius 1 is 1.50 bits per heavy atom. The minimum Gasteiger partial charge on any atom is -0.372 e. The Morgan fingerprint density at radius 2 is 2.19 bits per heavy atom. The third-order valence-electron chi connectivity index (χ3n) is 3.09. The molecular weight excluding hydrogens is 224 g/mol. The summed E-state index contributed by atoms with van der Waals surface area (Å²) in [7, 11) is 1.80. The molecule has 1 unspecified atom stereocenters. The van der Waals surface area contributed by atoms with E-state index in [1.165, 1.54) is 0 Å². The molecule has 1 N–H and O–H groups in total. The molecule has 1 atom stereocenters. The van der Waals surface area contributed by atoms with Crippen molar-refractivity contribution in [1.82, 2.24) is 0 Å². The van der Waals surface area contributed by atoms with E-state index in [-0.39, 0.29) is 11.9 Å². The third kappa shape index (κ3) is 1.55. The molecule has 16 heavy (non-hydrogen) atoms. The molecule has 0 aliphatic carbocycles. The zero-order valence-electron chi connectivity index (χ0n) is 9.67. The van der Waals surface area contributed by atoms with Gasteiger partial charge >= 0.3 is 0 Å². The van der Waals surface area contributed by atoms with Gasteiger partial charge in [-0.1, -0.05) is 18.5 Å².